The van der Waals surface area contributed by atoms with Gasteiger partial charge in [-0.2, -0.15) is 5.26 Å². The van der Waals surface area contributed by atoms with E-state index in [1.165, 1.54) is 32.4 Å². The Kier molecular flexibility index (Phi) is 14.2. The SMILES string of the molecule is CCC(CC)C(=O)/C=C(\O)C(CC)CC.[CH3][Ge]([CH3])([CH3])[c]1ccc(-c2ccc3c(ccc4c(-c5[c-]c6ccccc6c(C#N)c5)nccc43)c2)cc1.[Ir]. The number of ketones is 1. The first-order valence-electron chi connectivity index (χ1n) is 18.2. The van der Waals surface area contributed by atoms with Crippen molar-refractivity contribution in [2.24, 2.45) is 11.8 Å². The van der Waals surface area contributed by atoms with Gasteiger partial charge in [0.25, 0.3) is 0 Å². The van der Waals surface area contributed by atoms with Crippen LogP contribution in [0.15, 0.2) is 109 Å². The van der Waals surface area contributed by atoms with Crippen LogP contribution in [0.4, 0.5) is 0 Å². The number of aliphatic hydroxyl groups is 1. The Balaban J connectivity index is 0.000000323. The van der Waals surface area contributed by atoms with E-state index in [4.69, 9.17) is 4.98 Å². The van der Waals surface area contributed by atoms with Crippen molar-refractivity contribution in [1.29, 1.82) is 5.26 Å². The molecule has 0 atom stereocenters. The third kappa shape index (κ3) is 9.10. The van der Waals surface area contributed by atoms with Crippen LogP contribution in [0.2, 0.25) is 17.3 Å². The number of nitrogens with zero attached hydrogens (tertiary/aromatic N) is 2. The fourth-order valence-electron chi connectivity index (χ4n) is 6.78. The summed E-state index contributed by atoms with van der Waals surface area (Å²) in [5.41, 5.74) is 4.81. The second kappa shape index (κ2) is 18.1. The first kappa shape index (κ1) is 40.7. The molecule has 0 bridgehead atoms. The van der Waals surface area contributed by atoms with Crippen molar-refractivity contribution in [1.82, 2.24) is 4.98 Å². The van der Waals surface area contributed by atoms with Gasteiger partial charge in [0.2, 0.25) is 0 Å². The summed E-state index contributed by atoms with van der Waals surface area (Å²) in [5, 5.41) is 26.0. The molecule has 269 valence electrons. The van der Waals surface area contributed by atoms with Crippen LogP contribution in [0.1, 0.15) is 58.9 Å². The molecule has 1 aromatic heterocycles. The molecule has 1 heterocycles. The van der Waals surface area contributed by atoms with Crippen molar-refractivity contribution in [2.45, 2.75) is 70.6 Å². The molecule has 52 heavy (non-hydrogen) atoms. The van der Waals surface area contributed by atoms with Gasteiger partial charge in [0.05, 0.1) is 11.8 Å². The van der Waals surface area contributed by atoms with E-state index in [-0.39, 0.29) is 43.5 Å². The zero-order valence-electron chi connectivity index (χ0n) is 31.4. The third-order valence-corrected chi connectivity index (χ3v) is 14.4. The number of benzene rings is 5. The molecule has 6 aromatic rings. The summed E-state index contributed by atoms with van der Waals surface area (Å²) in [7, 11) is 0. The summed E-state index contributed by atoms with van der Waals surface area (Å²) in [4.78, 5) is 16.4. The molecule has 0 amide bonds. The zero-order chi connectivity index (χ0) is 36.7. The Labute approximate surface area is 325 Å². The van der Waals surface area contributed by atoms with Crippen molar-refractivity contribution in [3.05, 3.63) is 121 Å². The topological polar surface area (TPSA) is 74.0 Å². The van der Waals surface area contributed by atoms with Gasteiger partial charge in [0.1, 0.15) is 0 Å². The summed E-state index contributed by atoms with van der Waals surface area (Å²) < 4.78 is 1.52. The van der Waals surface area contributed by atoms with Gasteiger partial charge in [-0.15, -0.1) is 23.6 Å². The van der Waals surface area contributed by atoms with Crippen molar-refractivity contribution in [3.63, 3.8) is 0 Å². The Bertz CT molecular complexity index is 2240. The number of fused-ring (bicyclic) bond motifs is 4. The number of aliphatic hydroxyl groups excluding tert-OH is 1. The van der Waals surface area contributed by atoms with Gasteiger partial charge in [0, 0.05) is 38.0 Å². The molecule has 0 aliphatic carbocycles. The maximum Gasteiger partial charge on any atom is 0 e. The molecule has 0 aliphatic heterocycles. The van der Waals surface area contributed by atoms with Gasteiger partial charge in [-0.25, -0.2) is 0 Å². The molecule has 5 aromatic carbocycles. The molecule has 6 rings (SSSR count). The molecule has 0 aliphatic rings. The van der Waals surface area contributed by atoms with E-state index in [0.717, 1.165) is 58.5 Å². The van der Waals surface area contributed by atoms with E-state index in [1.807, 2.05) is 64.2 Å². The van der Waals surface area contributed by atoms with Crippen LogP contribution >= 0.6 is 0 Å². The summed E-state index contributed by atoms with van der Waals surface area (Å²) in [6.45, 7) is 8.07. The van der Waals surface area contributed by atoms with Gasteiger partial charge in [-0.05, 0) is 31.2 Å². The maximum absolute atomic E-state index is 11.7. The molecule has 1 N–H and O–H groups in total. The zero-order valence-corrected chi connectivity index (χ0v) is 35.9. The van der Waals surface area contributed by atoms with E-state index in [2.05, 4.69) is 90.1 Å². The molecular formula is C46H49GeIrN2O2-. The van der Waals surface area contributed by atoms with Crippen LogP contribution in [-0.2, 0) is 24.9 Å². The monoisotopic (exact) mass is 928 g/mol. The van der Waals surface area contributed by atoms with E-state index >= 15 is 0 Å². The standard InChI is InChI=1S/C33H25GeN2.C13H24O2.Ir/c1-34(2,3)28-12-8-22(9-13-28)23-10-14-30-25(18-23)11-15-32-31(30)16-17-36-33(32)26-19-24-6-4-5-7-29(24)27(20-26)21-35;1-5-10(6-2)12(14)9-13(15)11(7-3)8-4;/h4-18,20H,1-3H3;9-11,14H,5-8H2,1-4H3;/q-1;;/b;12-9-;. The Hall–Kier alpha value is -4.08. The van der Waals surface area contributed by atoms with Gasteiger partial charge in [0.15, 0.2) is 5.78 Å². The second-order valence-corrected chi connectivity index (χ2v) is 25.0. The molecule has 1 radical (unpaired) electrons. The number of nitriles is 1. The first-order valence-corrected chi connectivity index (χ1v) is 25.6. The van der Waals surface area contributed by atoms with E-state index < -0.39 is 13.3 Å². The minimum atomic E-state index is -1.82. The molecule has 4 nitrogen and oxygen atoms in total. The van der Waals surface area contributed by atoms with Crippen LogP contribution in [0.3, 0.4) is 0 Å². The second-order valence-electron chi connectivity index (χ2n) is 14.3. The van der Waals surface area contributed by atoms with Gasteiger partial charge < -0.3 is 5.11 Å². The van der Waals surface area contributed by atoms with Crippen LogP contribution < -0.4 is 4.40 Å². The normalized spacial score (nSPS) is 11.7. The molecule has 0 unspecified atom stereocenters. The summed E-state index contributed by atoms with van der Waals surface area (Å²) in [5.74, 6) is 7.83. The molecule has 0 saturated heterocycles. The van der Waals surface area contributed by atoms with Crippen molar-refractivity contribution >= 4 is 55.8 Å². The smallest absolute Gasteiger partial charge is 0 e. The van der Waals surface area contributed by atoms with E-state index in [1.54, 1.807) is 0 Å². The average molecular weight is 927 g/mol. The fourth-order valence-corrected chi connectivity index (χ4v) is 9.23. The van der Waals surface area contributed by atoms with Crippen LogP contribution in [0.5, 0.6) is 0 Å². The van der Waals surface area contributed by atoms with Crippen molar-refractivity contribution in [3.8, 4) is 28.5 Å². The number of allylic oxidation sites excluding steroid dienone is 2. The minimum absolute atomic E-state index is 0. The number of rotatable bonds is 10. The molecule has 0 spiro atoms. The van der Waals surface area contributed by atoms with E-state index in [0.29, 0.717) is 5.56 Å². The van der Waals surface area contributed by atoms with Gasteiger partial charge >= 0.3 is 151 Å². The van der Waals surface area contributed by atoms with Crippen LogP contribution in [0, 0.1) is 29.2 Å². The Morgan fingerprint density at radius 2 is 1.42 bits per heavy atom. The third-order valence-electron chi connectivity index (χ3n) is 10.1. The predicted molar refractivity (Wildman–Crippen MR) is 218 cm³/mol. The first-order chi connectivity index (χ1) is 24.5. The maximum atomic E-state index is 11.7. The van der Waals surface area contributed by atoms with Crippen LogP contribution in [-0.4, -0.2) is 29.1 Å². The minimum Gasteiger partial charge on any atom is 0 e. The quantitative estimate of drug-likeness (QED) is 0.0488. The number of hydrogen-bond donors (Lipinski definition) is 1. The van der Waals surface area contributed by atoms with E-state index in [9.17, 15) is 15.2 Å². The summed E-state index contributed by atoms with van der Waals surface area (Å²) >= 11 is -1.82. The van der Waals surface area contributed by atoms with Gasteiger partial charge in [-0.3, -0.25) is 4.79 Å². The largest absolute Gasteiger partial charge is 0 e. The number of aromatic nitrogens is 1. The molecule has 6 heteroatoms. The molecule has 0 fully saturated rings. The predicted octanol–water partition coefficient (Wildman–Crippen LogP) is 12.0. The summed E-state index contributed by atoms with van der Waals surface area (Å²) in [6, 6.07) is 37.9. The van der Waals surface area contributed by atoms with Gasteiger partial charge in [-0.1, -0.05) is 51.3 Å². The number of pyridine rings is 1. The van der Waals surface area contributed by atoms with Crippen LogP contribution in [0.25, 0.3) is 54.7 Å². The van der Waals surface area contributed by atoms with Crippen molar-refractivity contribution in [2.75, 3.05) is 0 Å². The van der Waals surface area contributed by atoms with Crippen molar-refractivity contribution < 1.29 is 30.0 Å². The Morgan fingerprint density at radius 3 is 2.06 bits per heavy atom. The number of carbonyl (C=O) groups is 1. The molecule has 0 saturated carbocycles. The number of carbonyl (C=O) groups excluding carboxylic acids is 1. The number of hydrogen-bond acceptors (Lipinski definition) is 4. The summed E-state index contributed by atoms with van der Waals surface area (Å²) in [6.07, 6.45) is 6.76. The fraction of sp³-hybridized carbons (Fsp3) is 0.283. The Morgan fingerprint density at radius 1 is 0.788 bits per heavy atom. The average Bonchev–Trinajstić information content (AvgIpc) is 3.14. The molecular weight excluding hydrogens is 877 g/mol.